The Balaban J connectivity index is 0.00000132. The summed E-state index contributed by atoms with van der Waals surface area (Å²) in [5.74, 6) is 1.36. The summed E-state index contributed by atoms with van der Waals surface area (Å²) < 4.78 is 0. The molecule has 3 rings (SSSR count). The van der Waals surface area contributed by atoms with Gasteiger partial charge in [0, 0.05) is 18.5 Å². The summed E-state index contributed by atoms with van der Waals surface area (Å²) >= 11 is 0. The van der Waals surface area contributed by atoms with Crippen LogP contribution < -0.4 is 16.0 Å². The van der Waals surface area contributed by atoms with E-state index in [1.807, 2.05) is 6.07 Å². The first-order valence-corrected chi connectivity index (χ1v) is 8.08. The zero-order valence-electron chi connectivity index (χ0n) is 13.3. The number of carbonyl (C=O) groups excluding carboxylic acids is 1. The van der Waals surface area contributed by atoms with Gasteiger partial charge in [-0.05, 0) is 43.8 Å². The van der Waals surface area contributed by atoms with Crippen molar-refractivity contribution in [3.8, 4) is 0 Å². The average molecular weight is 360 g/mol. The number of piperidine rings is 1. The molecule has 0 aromatic heterocycles. The summed E-state index contributed by atoms with van der Waals surface area (Å²) in [6, 6.07) is 11.0. The second-order valence-corrected chi connectivity index (χ2v) is 6.24. The maximum absolute atomic E-state index is 11.9. The molecule has 23 heavy (non-hydrogen) atoms. The van der Waals surface area contributed by atoms with Crippen LogP contribution in [0.4, 0.5) is 0 Å². The molecule has 2 fully saturated rings. The Bertz CT molecular complexity index is 466. The van der Waals surface area contributed by atoms with Gasteiger partial charge in [0.1, 0.15) is 0 Å². The third kappa shape index (κ3) is 6.30. The van der Waals surface area contributed by atoms with Crippen LogP contribution in [0.1, 0.15) is 30.7 Å². The van der Waals surface area contributed by atoms with Gasteiger partial charge in [0.15, 0.2) is 0 Å². The van der Waals surface area contributed by atoms with Crippen LogP contribution in [0.3, 0.4) is 0 Å². The van der Waals surface area contributed by atoms with Gasteiger partial charge < -0.3 is 16.0 Å². The van der Waals surface area contributed by atoms with E-state index < -0.39 is 0 Å². The molecular weight excluding hydrogens is 333 g/mol. The summed E-state index contributed by atoms with van der Waals surface area (Å²) in [5, 5.41) is 9.78. The molecule has 1 heterocycles. The number of halogens is 2. The Kier molecular flexibility index (Phi) is 8.92. The second-order valence-electron chi connectivity index (χ2n) is 6.24. The van der Waals surface area contributed by atoms with Crippen LogP contribution in [-0.2, 0) is 4.79 Å². The van der Waals surface area contributed by atoms with Gasteiger partial charge >= 0.3 is 0 Å². The molecule has 2 unspecified atom stereocenters. The highest BCUT2D eigenvalue weighted by molar-refractivity contribution is 5.85. The fraction of sp³-hybridized carbons (Fsp3) is 0.588. The summed E-state index contributed by atoms with van der Waals surface area (Å²) in [6.45, 7) is 3.44. The molecule has 2 atom stereocenters. The topological polar surface area (TPSA) is 53.2 Å². The number of rotatable bonds is 6. The Hall–Kier alpha value is -0.810. The van der Waals surface area contributed by atoms with Gasteiger partial charge in [-0.25, -0.2) is 0 Å². The molecule has 130 valence electrons. The minimum absolute atomic E-state index is 0. The minimum atomic E-state index is 0. The molecule has 0 spiro atoms. The van der Waals surface area contributed by atoms with Crippen LogP contribution in [0.2, 0.25) is 0 Å². The van der Waals surface area contributed by atoms with Gasteiger partial charge in [0.05, 0.1) is 6.54 Å². The minimum Gasteiger partial charge on any atom is -0.355 e. The van der Waals surface area contributed by atoms with E-state index in [4.69, 9.17) is 0 Å². The van der Waals surface area contributed by atoms with E-state index in [0.29, 0.717) is 24.4 Å². The lowest BCUT2D eigenvalue weighted by Crippen LogP contribution is -2.40. The van der Waals surface area contributed by atoms with Crippen molar-refractivity contribution in [3.63, 3.8) is 0 Å². The van der Waals surface area contributed by atoms with E-state index in [1.165, 1.54) is 18.4 Å². The molecule has 2 aliphatic rings. The zero-order valence-corrected chi connectivity index (χ0v) is 14.9. The molecule has 1 saturated carbocycles. The van der Waals surface area contributed by atoms with Crippen molar-refractivity contribution in [2.45, 2.75) is 31.2 Å². The molecule has 0 radical (unpaired) electrons. The van der Waals surface area contributed by atoms with Crippen LogP contribution in [0.5, 0.6) is 0 Å². The number of amides is 1. The van der Waals surface area contributed by atoms with Gasteiger partial charge in [-0.1, -0.05) is 30.3 Å². The summed E-state index contributed by atoms with van der Waals surface area (Å²) in [7, 11) is 0. The van der Waals surface area contributed by atoms with E-state index in [1.54, 1.807) is 0 Å². The highest BCUT2D eigenvalue weighted by Crippen LogP contribution is 2.40. The van der Waals surface area contributed by atoms with Crippen molar-refractivity contribution in [2.75, 3.05) is 26.2 Å². The highest BCUT2D eigenvalue weighted by atomic mass is 35.5. The number of hydrogen-bond acceptors (Lipinski definition) is 3. The molecule has 1 amide bonds. The molecule has 1 saturated heterocycles. The first-order valence-electron chi connectivity index (χ1n) is 8.08. The van der Waals surface area contributed by atoms with Crippen molar-refractivity contribution in [3.05, 3.63) is 35.9 Å². The number of nitrogens with one attached hydrogen (secondary N) is 3. The Morgan fingerprint density at radius 3 is 2.52 bits per heavy atom. The predicted octanol–water partition coefficient (Wildman–Crippen LogP) is 2.09. The van der Waals surface area contributed by atoms with E-state index in [9.17, 15) is 4.79 Å². The van der Waals surface area contributed by atoms with Crippen molar-refractivity contribution in [1.29, 1.82) is 0 Å². The fourth-order valence-corrected chi connectivity index (χ4v) is 3.12. The molecule has 4 nitrogen and oxygen atoms in total. The van der Waals surface area contributed by atoms with Gasteiger partial charge in [0.2, 0.25) is 5.91 Å². The Morgan fingerprint density at radius 1 is 1.13 bits per heavy atom. The van der Waals surface area contributed by atoms with Crippen LogP contribution in [-0.4, -0.2) is 38.1 Å². The van der Waals surface area contributed by atoms with E-state index in [0.717, 1.165) is 26.1 Å². The first kappa shape index (κ1) is 20.2. The first-order chi connectivity index (χ1) is 10.3. The van der Waals surface area contributed by atoms with Crippen molar-refractivity contribution in [1.82, 2.24) is 16.0 Å². The summed E-state index contributed by atoms with van der Waals surface area (Å²) in [4.78, 5) is 11.9. The van der Waals surface area contributed by atoms with Gasteiger partial charge in [0.25, 0.3) is 0 Å². The molecule has 6 heteroatoms. The Morgan fingerprint density at radius 2 is 1.83 bits per heavy atom. The maximum atomic E-state index is 11.9. The lowest BCUT2D eigenvalue weighted by molar-refractivity contribution is -0.120. The number of carbonyl (C=O) groups is 1. The molecule has 1 aliphatic heterocycles. The van der Waals surface area contributed by atoms with E-state index in [-0.39, 0.29) is 30.7 Å². The standard InChI is InChI=1S/C17H25N3O.2ClH/c21-17(20-11-13-6-8-18-9-7-13)12-19-16-10-15(16)14-4-2-1-3-5-14;;/h1-5,13,15-16,18-19H,6-12H2,(H,20,21);2*1H. The van der Waals surface area contributed by atoms with E-state index in [2.05, 4.69) is 40.2 Å². The largest absolute Gasteiger partial charge is 0.355 e. The maximum Gasteiger partial charge on any atom is 0.233 e. The molecule has 1 aromatic rings. The SMILES string of the molecule is Cl.Cl.O=C(CNC1CC1c1ccccc1)NCC1CCNCC1. The highest BCUT2D eigenvalue weighted by Gasteiger charge is 2.37. The van der Waals surface area contributed by atoms with Crippen LogP contribution in [0, 0.1) is 5.92 Å². The van der Waals surface area contributed by atoms with Gasteiger partial charge in [-0.15, -0.1) is 24.8 Å². The smallest absolute Gasteiger partial charge is 0.233 e. The molecule has 1 aliphatic carbocycles. The lowest BCUT2D eigenvalue weighted by atomic mass is 9.98. The van der Waals surface area contributed by atoms with Crippen LogP contribution in [0.25, 0.3) is 0 Å². The molecule has 0 bridgehead atoms. The third-order valence-electron chi connectivity index (χ3n) is 4.59. The third-order valence-corrected chi connectivity index (χ3v) is 4.59. The zero-order chi connectivity index (χ0) is 14.5. The van der Waals surface area contributed by atoms with Crippen LogP contribution >= 0.6 is 24.8 Å². The normalized spacial score (nSPS) is 23.3. The lowest BCUT2D eigenvalue weighted by Gasteiger charge is -2.22. The molecule has 1 aromatic carbocycles. The quantitative estimate of drug-likeness (QED) is 0.728. The predicted molar refractivity (Wildman–Crippen MR) is 98.7 cm³/mol. The second kappa shape index (κ2) is 10.1. The average Bonchev–Trinajstić information content (AvgIpc) is 3.32. The number of benzene rings is 1. The van der Waals surface area contributed by atoms with Crippen molar-refractivity contribution >= 4 is 30.7 Å². The van der Waals surface area contributed by atoms with Crippen molar-refractivity contribution < 1.29 is 4.79 Å². The van der Waals surface area contributed by atoms with Crippen molar-refractivity contribution in [2.24, 2.45) is 5.92 Å². The Labute approximate surface area is 151 Å². The van der Waals surface area contributed by atoms with Gasteiger partial charge in [-0.3, -0.25) is 4.79 Å². The van der Waals surface area contributed by atoms with E-state index >= 15 is 0 Å². The summed E-state index contributed by atoms with van der Waals surface area (Å²) in [5.41, 5.74) is 1.38. The van der Waals surface area contributed by atoms with Gasteiger partial charge in [-0.2, -0.15) is 0 Å². The monoisotopic (exact) mass is 359 g/mol. The number of hydrogen-bond donors (Lipinski definition) is 3. The molecule has 3 N–H and O–H groups in total. The molecular formula is C17H27Cl2N3O. The fourth-order valence-electron chi connectivity index (χ4n) is 3.12. The van der Waals surface area contributed by atoms with Crippen LogP contribution in [0.15, 0.2) is 30.3 Å². The summed E-state index contributed by atoms with van der Waals surface area (Å²) in [6.07, 6.45) is 3.49.